The molecule has 0 saturated heterocycles. The third-order valence-corrected chi connectivity index (χ3v) is 3.36. The maximum Gasteiger partial charge on any atom is 0.408 e. The van der Waals surface area contributed by atoms with Crippen LogP contribution in [0.1, 0.15) is 32.4 Å². The lowest BCUT2D eigenvalue weighted by Gasteiger charge is -2.27. The van der Waals surface area contributed by atoms with Crippen LogP contribution in [0, 0.1) is 5.92 Å². The number of carbonyl (C=O) groups is 3. The van der Waals surface area contributed by atoms with Gasteiger partial charge in [-0.15, -0.1) is 0 Å². The van der Waals surface area contributed by atoms with Gasteiger partial charge >= 0.3 is 18.0 Å². The summed E-state index contributed by atoms with van der Waals surface area (Å²) < 4.78 is 15.4. The molecule has 1 aromatic carbocycles. The average Bonchev–Trinajstić information content (AvgIpc) is 2.63. The first kappa shape index (κ1) is 23.0. The minimum Gasteiger partial charge on any atom is -0.461 e. The Balaban J connectivity index is 3.25. The summed E-state index contributed by atoms with van der Waals surface area (Å²) in [7, 11) is 0. The normalized spacial score (nSPS) is 11.9. The maximum absolute atomic E-state index is 12.6. The summed E-state index contributed by atoms with van der Waals surface area (Å²) in [5.41, 5.74) is -0.238. The molecule has 0 aliphatic rings. The molecule has 1 atom stereocenters. The molecule has 7 heteroatoms. The number of benzene rings is 1. The van der Waals surface area contributed by atoms with Crippen molar-refractivity contribution in [2.75, 3.05) is 13.2 Å². The van der Waals surface area contributed by atoms with E-state index in [0.717, 1.165) is 0 Å². The second-order valence-electron chi connectivity index (χ2n) is 6.85. The number of rotatable bonds is 9. The Morgan fingerprint density at radius 2 is 1.50 bits per heavy atom. The van der Waals surface area contributed by atoms with Gasteiger partial charge in [-0.05, 0) is 26.3 Å². The highest BCUT2D eigenvalue weighted by Gasteiger charge is 2.40. The smallest absolute Gasteiger partial charge is 0.408 e. The fourth-order valence-corrected chi connectivity index (χ4v) is 2.28. The van der Waals surface area contributed by atoms with Crippen LogP contribution in [0.15, 0.2) is 55.6 Å². The molecule has 0 fully saturated rings. The molecule has 0 aliphatic carbocycles. The van der Waals surface area contributed by atoms with Gasteiger partial charge in [0.15, 0.2) is 5.92 Å². The molecule has 0 unspecified atom stereocenters. The molecular weight excluding hydrogens is 362 g/mol. The van der Waals surface area contributed by atoms with Crippen LogP contribution in [0.4, 0.5) is 4.79 Å². The number of nitrogens with one attached hydrogen (secondary N) is 1. The number of esters is 2. The zero-order chi connectivity index (χ0) is 21.2. The summed E-state index contributed by atoms with van der Waals surface area (Å²) >= 11 is 0. The molecule has 0 heterocycles. The van der Waals surface area contributed by atoms with Crippen molar-refractivity contribution in [3.05, 3.63) is 61.2 Å². The lowest BCUT2D eigenvalue weighted by molar-refractivity contribution is -0.162. The van der Waals surface area contributed by atoms with Gasteiger partial charge in [0.25, 0.3) is 0 Å². The van der Waals surface area contributed by atoms with Crippen LogP contribution in [-0.4, -0.2) is 36.8 Å². The van der Waals surface area contributed by atoms with Gasteiger partial charge in [0.05, 0.1) is 6.04 Å². The van der Waals surface area contributed by atoms with Crippen molar-refractivity contribution >= 4 is 18.0 Å². The SMILES string of the molecule is C=CCOC(=O)C(C(=O)OCC=C)[C@@H](NC(=O)OC(C)(C)C)c1ccccc1. The molecule has 1 N–H and O–H groups in total. The maximum atomic E-state index is 12.6. The second-order valence-corrected chi connectivity index (χ2v) is 6.85. The predicted molar refractivity (Wildman–Crippen MR) is 104 cm³/mol. The molecule has 0 saturated carbocycles. The van der Waals surface area contributed by atoms with E-state index in [-0.39, 0.29) is 13.2 Å². The fourth-order valence-electron chi connectivity index (χ4n) is 2.28. The van der Waals surface area contributed by atoms with Gasteiger partial charge in [0.2, 0.25) is 0 Å². The summed E-state index contributed by atoms with van der Waals surface area (Å²) in [6.45, 7) is 11.9. The van der Waals surface area contributed by atoms with Gasteiger partial charge in [-0.1, -0.05) is 55.6 Å². The first-order chi connectivity index (χ1) is 13.2. The second kappa shape index (κ2) is 10.9. The fraction of sp³-hybridized carbons (Fsp3) is 0.381. The summed E-state index contributed by atoms with van der Waals surface area (Å²) in [5.74, 6) is -3.13. The predicted octanol–water partition coefficient (Wildman–Crippen LogP) is 3.33. The summed E-state index contributed by atoms with van der Waals surface area (Å²) in [5, 5.41) is 2.59. The van der Waals surface area contributed by atoms with E-state index < -0.39 is 35.6 Å². The van der Waals surface area contributed by atoms with Crippen molar-refractivity contribution in [2.24, 2.45) is 5.92 Å². The standard InChI is InChI=1S/C21H27NO6/c1-6-13-26-18(23)16(19(24)27-14-7-2)17(15-11-9-8-10-12-15)22-20(25)28-21(3,4)5/h6-12,16-17H,1-2,13-14H2,3-5H3,(H,22,25)/t17-/m0/s1. The number of amides is 1. The Labute approximate surface area is 165 Å². The van der Waals surface area contributed by atoms with Gasteiger partial charge in [-0.25, -0.2) is 4.79 Å². The number of alkyl carbamates (subject to hydrolysis) is 1. The number of ether oxygens (including phenoxy) is 3. The Kier molecular flexibility index (Phi) is 8.95. The van der Waals surface area contributed by atoms with Crippen LogP contribution in [0.3, 0.4) is 0 Å². The quantitative estimate of drug-likeness (QED) is 0.301. The summed E-state index contributed by atoms with van der Waals surface area (Å²) in [6.07, 6.45) is 1.98. The van der Waals surface area contributed by atoms with Gasteiger partial charge in [-0.3, -0.25) is 9.59 Å². The van der Waals surface area contributed by atoms with E-state index in [1.165, 1.54) is 12.2 Å². The van der Waals surface area contributed by atoms with E-state index in [1.807, 2.05) is 0 Å². The highest BCUT2D eigenvalue weighted by atomic mass is 16.6. The topological polar surface area (TPSA) is 90.9 Å². The minimum absolute atomic E-state index is 0.0853. The summed E-state index contributed by atoms with van der Waals surface area (Å²) in [6, 6.07) is 7.52. The van der Waals surface area contributed by atoms with E-state index >= 15 is 0 Å². The van der Waals surface area contributed by atoms with E-state index in [2.05, 4.69) is 18.5 Å². The van der Waals surface area contributed by atoms with E-state index in [0.29, 0.717) is 5.56 Å². The molecule has 1 aromatic rings. The number of hydrogen-bond donors (Lipinski definition) is 1. The molecule has 0 radical (unpaired) electrons. The zero-order valence-electron chi connectivity index (χ0n) is 16.5. The minimum atomic E-state index is -1.44. The third-order valence-electron chi connectivity index (χ3n) is 3.36. The van der Waals surface area contributed by atoms with E-state index in [9.17, 15) is 14.4 Å². The van der Waals surface area contributed by atoms with Crippen molar-refractivity contribution < 1.29 is 28.6 Å². The van der Waals surface area contributed by atoms with Crippen LogP contribution in [0.25, 0.3) is 0 Å². The van der Waals surface area contributed by atoms with E-state index in [4.69, 9.17) is 14.2 Å². The number of hydrogen-bond acceptors (Lipinski definition) is 6. The molecule has 0 bridgehead atoms. The van der Waals surface area contributed by atoms with Crippen molar-refractivity contribution in [1.82, 2.24) is 5.32 Å². The average molecular weight is 389 g/mol. The third kappa shape index (κ3) is 7.65. The van der Waals surface area contributed by atoms with Crippen LogP contribution in [0.5, 0.6) is 0 Å². The van der Waals surface area contributed by atoms with E-state index in [1.54, 1.807) is 51.1 Å². The monoisotopic (exact) mass is 389 g/mol. The van der Waals surface area contributed by atoms with Crippen molar-refractivity contribution in [3.8, 4) is 0 Å². The first-order valence-corrected chi connectivity index (χ1v) is 8.79. The molecule has 0 spiro atoms. The molecule has 1 amide bonds. The molecule has 0 aliphatic heterocycles. The first-order valence-electron chi connectivity index (χ1n) is 8.79. The zero-order valence-corrected chi connectivity index (χ0v) is 16.5. The van der Waals surface area contributed by atoms with Crippen LogP contribution >= 0.6 is 0 Å². The molecule has 152 valence electrons. The Morgan fingerprint density at radius 1 is 1.00 bits per heavy atom. The van der Waals surface area contributed by atoms with Crippen molar-refractivity contribution in [3.63, 3.8) is 0 Å². The Morgan fingerprint density at radius 3 is 1.93 bits per heavy atom. The van der Waals surface area contributed by atoms with Gasteiger partial charge in [0, 0.05) is 0 Å². The van der Waals surface area contributed by atoms with Gasteiger partial charge in [0.1, 0.15) is 18.8 Å². The molecule has 7 nitrogen and oxygen atoms in total. The van der Waals surface area contributed by atoms with Crippen LogP contribution in [-0.2, 0) is 23.8 Å². The largest absolute Gasteiger partial charge is 0.461 e. The van der Waals surface area contributed by atoms with Crippen molar-refractivity contribution in [2.45, 2.75) is 32.4 Å². The summed E-state index contributed by atoms with van der Waals surface area (Å²) in [4.78, 5) is 37.5. The molecule has 28 heavy (non-hydrogen) atoms. The molecule has 1 rings (SSSR count). The lowest BCUT2D eigenvalue weighted by Crippen LogP contribution is -2.44. The van der Waals surface area contributed by atoms with Gasteiger partial charge in [-0.2, -0.15) is 0 Å². The van der Waals surface area contributed by atoms with Gasteiger partial charge < -0.3 is 19.5 Å². The van der Waals surface area contributed by atoms with Crippen LogP contribution in [0.2, 0.25) is 0 Å². The van der Waals surface area contributed by atoms with Crippen molar-refractivity contribution in [1.29, 1.82) is 0 Å². The highest BCUT2D eigenvalue weighted by Crippen LogP contribution is 2.26. The Bertz CT molecular complexity index is 669. The molecule has 0 aromatic heterocycles. The molecular formula is C21H27NO6. The number of carbonyl (C=O) groups excluding carboxylic acids is 3. The Hall–Kier alpha value is -3.09. The van der Waals surface area contributed by atoms with Crippen LogP contribution < -0.4 is 5.32 Å². The lowest BCUT2D eigenvalue weighted by atomic mass is 9.93. The highest BCUT2D eigenvalue weighted by molar-refractivity contribution is 5.96.